The molecule has 0 saturated carbocycles. The predicted octanol–water partition coefficient (Wildman–Crippen LogP) is 17.2. The first-order valence-electron chi connectivity index (χ1n) is 22.0. The standard InChI is InChI=1S/C62H42N2/c1-3-17-43(18-4-1)44-31-36-49(37-32-44)63(50-38-33-46(34-39-50)52-23-11-14-28-59(52)64-60-29-15-12-26-56(60)57-27-13-16-30-61(57)64)62-42-48(35-40-53(62)45-19-5-2-6-20-45)58-41-47-21-7-8-22-51(47)54-24-9-10-25-55(54)58/h1-42H. The molecule has 0 N–H and O–H groups in total. The lowest BCUT2D eigenvalue weighted by atomic mass is 9.91. The van der Waals surface area contributed by atoms with Crippen LogP contribution in [0.3, 0.4) is 0 Å². The predicted molar refractivity (Wildman–Crippen MR) is 272 cm³/mol. The highest BCUT2D eigenvalue weighted by Gasteiger charge is 2.21. The zero-order chi connectivity index (χ0) is 42.4. The third kappa shape index (κ3) is 6.44. The first-order chi connectivity index (χ1) is 31.8. The highest BCUT2D eigenvalue weighted by Crippen LogP contribution is 2.46. The van der Waals surface area contributed by atoms with E-state index in [2.05, 4.69) is 264 Å². The van der Waals surface area contributed by atoms with Crippen molar-refractivity contribution in [2.75, 3.05) is 4.90 Å². The number of aromatic nitrogens is 1. The molecule has 0 saturated heterocycles. The first kappa shape index (κ1) is 37.3. The minimum Gasteiger partial charge on any atom is -0.310 e. The van der Waals surface area contributed by atoms with Crippen LogP contribution in [0.4, 0.5) is 17.1 Å². The van der Waals surface area contributed by atoms with Crippen molar-refractivity contribution >= 4 is 60.4 Å². The van der Waals surface area contributed by atoms with Crippen LogP contribution >= 0.6 is 0 Å². The van der Waals surface area contributed by atoms with E-state index < -0.39 is 0 Å². The summed E-state index contributed by atoms with van der Waals surface area (Å²) in [7, 11) is 0. The Hall–Kier alpha value is -8.46. The van der Waals surface area contributed by atoms with Gasteiger partial charge in [0, 0.05) is 33.3 Å². The fourth-order valence-electron chi connectivity index (χ4n) is 9.78. The molecule has 64 heavy (non-hydrogen) atoms. The van der Waals surface area contributed by atoms with Crippen molar-refractivity contribution in [2.45, 2.75) is 0 Å². The van der Waals surface area contributed by atoms with E-state index in [4.69, 9.17) is 0 Å². The van der Waals surface area contributed by atoms with Gasteiger partial charge in [-0.15, -0.1) is 0 Å². The summed E-state index contributed by atoms with van der Waals surface area (Å²) in [5.74, 6) is 0. The molecule has 0 atom stereocenters. The summed E-state index contributed by atoms with van der Waals surface area (Å²) < 4.78 is 2.42. The van der Waals surface area contributed by atoms with Crippen LogP contribution in [-0.2, 0) is 0 Å². The number of hydrogen-bond acceptors (Lipinski definition) is 1. The second-order valence-electron chi connectivity index (χ2n) is 16.5. The highest BCUT2D eigenvalue weighted by atomic mass is 15.1. The van der Waals surface area contributed by atoms with Crippen LogP contribution in [0.15, 0.2) is 255 Å². The van der Waals surface area contributed by atoms with Crippen molar-refractivity contribution < 1.29 is 0 Å². The Labute approximate surface area is 373 Å². The molecule has 0 amide bonds. The summed E-state index contributed by atoms with van der Waals surface area (Å²) in [6.07, 6.45) is 0. The molecule has 0 unspecified atom stereocenters. The summed E-state index contributed by atoms with van der Waals surface area (Å²) in [5.41, 5.74) is 16.2. The summed E-state index contributed by atoms with van der Waals surface area (Å²) in [6.45, 7) is 0. The van der Waals surface area contributed by atoms with Gasteiger partial charge in [0.1, 0.15) is 0 Å². The SMILES string of the molecule is c1ccc(-c2ccc(N(c3ccc(-c4ccccc4-n4c5ccccc5c5ccccc54)cc3)c3cc(-c4cc5ccccc5c5ccccc45)ccc3-c3ccccc3)cc2)cc1. The molecule has 1 aromatic heterocycles. The zero-order valence-electron chi connectivity index (χ0n) is 35.1. The van der Waals surface area contributed by atoms with Crippen LogP contribution in [0.5, 0.6) is 0 Å². The summed E-state index contributed by atoms with van der Waals surface area (Å²) >= 11 is 0. The summed E-state index contributed by atoms with van der Waals surface area (Å²) in [6, 6.07) is 92.8. The summed E-state index contributed by atoms with van der Waals surface area (Å²) in [4.78, 5) is 2.44. The second kappa shape index (κ2) is 15.8. The molecule has 2 heteroatoms. The minimum absolute atomic E-state index is 1.07. The third-order valence-corrected chi connectivity index (χ3v) is 12.8. The maximum absolute atomic E-state index is 2.44. The van der Waals surface area contributed by atoms with E-state index >= 15 is 0 Å². The molecule has 12 rings (SSSR count). The molecule has 2 nitrogen and oxygen atoms in total. The van der Waals surface area contributed by atoms with Gasteiger partial charge < -0.3 is 9.47 Å². The van der Waals surface area contributed by atoms with E-state index in [0.29, 0.717) is 0 Å². The van der Waals surface area contributed by atoms with Crippen LogP contribution in [0.25, 0.3) is 93.5 Å². The van der Waals surface area contributed by atoms with E-state index in [1.54, 1.807) is 0 Å². The maximum Gasteiger partial charge on any atom is 0.0546 e. The smallest absolute Gasteiger partial charge is 0.0546 e. The zero-order valence-corrected chi connectivity index (χ0v) is 35.1. The first-order valence-corrected chi connectivity index (χ1v) is 22.0. The van der Waals surface area contributed by atoms with Gasteiger partial charge in [-0.05, 0) is 110 Å². The number of hydrogen-bond donors (Lipinski definition) is 0. The number of nitrogens with zero attached hydrogens (tertiary/aromatic N) is 2. The number of benzene rings is 11. The van der Waals surface area contributed by atoms with Gasteiger partial charge in [-0.1, -0.05) is 200 Å². The Kier molecular flexibility index (Phi) is 9.20. The monoisotopic (exact) mass is 814 g/mol. The minimum atomic E-state index is 1.07. The fraction of sp³-hybridized carbons (Fsp3) is 0. The lowest BCUT2D eigenvalue weighted by Crippen LogP contribution is -2.11. The quantitative estimate of drug-likeness (QED) is 0.139. The van der Waals surface area contributed by atoms with Gasteiger partial charge in [0.2, 0.25) is 0 Å². The Morgan fingerprint density at radius 3 is 1.41 bits per heavy atom. The van der Waals surface area contributed by atoms with Crippen LogP contribution in [0, 0.1) is 0 Å². The van der Waals surface area contributed by atoms with E-state index in [0.717, 1.165) is 39.4 Å². The molecular weight excluding hydrogens is 773 g/mol. The van der Waals surface area contributed by atoms with Gasteiger partial charge in [-0.3, -0.25) is 0 Å². The molecule has 1 heterocycles. The molecule has 0 aliphatic rings. The van der Waals surface area contributed by atoms with Crippen LogP contribution in [-0.4, -0.2) is 4.57 Å². The van der Waals surface area contributed by atoms with Gasteiger partial charge in [-0.25, -0.2) is 0 Å². The van der Waals surface area contributed by atoms with Crippen molar-refractivity contribution in [3.8, 4) is 50.2 Å². The molecule has 0 aliphatic carbocycles. The number of anilines is 3. The van der Waals surface area contributed by atoms with Gasteiger partial charge in [0.15, 0.2) is 0 Å². The van der Waals surface area contributed by atoms with E-state index in [9.17, 15) is 0 Å². The lowest BCUT2D eigenvalue weighted by Gasteiger charge is -2.29. The lowest BCUT2D eigenvalue weighted by molar-refractivity contribution is 1.18. The Morgan fingerprint density at radius 1 is 0.266 bits per heavy atom. The van der Waals surface area contributed by atoms with Crippen LogP contribution in [0.1, 0.15) is 0 Å². The topological polar surface area (TPSA) is 8.17 Å². The molecule has 0 radical (unpaired) electrons. The van der Waals surface area contributed by atoms with Crippen molar-refractivity contribution in [2.24, 2.45) is 0 Å². The Morgan fingerprint density at radius 2 is 0.734 bits per heavy atom. The van der Waals surface area contributed by atoms with Crippen molar-refractivity contribution in [1.29, 1.82) is 0 Å². The van der Waals surface area contributed by atoms with E-state index in [1.165, 1.54) is 71.2 Å². The number of fused-ring (bicyclic) bond motifs is 6. The largest absolute Gasteiger partial charge is 0.310 e. The van der Waals surface area contributed by atoms with Crippen molar-refractivity contribution in [1.82, 2.24) is 4.57 Å². The molecule has 0 spiro atoms. The highest BCUT2D eigenvalue weighted by molar-refractivity contribution is 6.14. The molecule has 0 bridgehead atoms. The Balaban J connectivity index is 1.05. The van der Waals surface area contributed by atoms with Crippen molar-refractivity contribution in [3.05, 3.63) is 255 Å². The molecule has 300 valence electrons. The van der Waals surface area contributed by atoms with Crippen LogP contribution in [0.2, 0.25) is 0 Å². The number of rotatable bonds is 8. The van der Waals surface area contributed by atoms with Crippen molar-refractivity contribution in [3.63, 3.8) is 0 Å². The van der Waals surface area contributed by atoms with Crippen LogP contribution < -0.4 is 4.90 Å². The molecule has 0 fully saturated rings. The number of para-hydroxylation sites is 3. The molecular formula is C62H42N2. The molecule has 0 aliphatic heterocycles. The van der Waals surface area contributed by atoms with E-state index in [-0.39, 0.29) is 0 Å². The van der Waals surface area contributed by atoms with Gasteiger partial charge in [-0.2, -0.15) is 0 Å². The second-order valence-corrected chi connectivity index (χ2v) is 16.5. The van der Waals surface area contributed by atoms with E-state index in [1.807, 2.05) is 0 Å². The average molecular weight is 815 g/mol. The normalized spacial score (nSPS) is 11.4. The Bertz CT molecular complexity index is 3590. The summed E-state index contributed by atoms with van der Waals surface area (Å²) in [5, 5.41) is 7.51. The van der Waals surface area contributed by atoms with Gasteiger partial charge in [0.25, 0.3) is 0 Å². The van der Waals surface area contributed by atoms with Gasteiger partial charge >= 0.3 is 0 Å². The maximum atomic E-state index is 2.44. The molecule has 11 aromatic carbocycles. The van der Waals surface area contributed by atoms with Gasteiger partial charge in [0.05, 0.1) is 22.4 Å². The fourth-order valence-corrected chi connectivity index (χ4v) is 9.78. The average Bonchev–Trinajstić information content (AvgIpc) is 3.71. The molecule has 12 aromatic rings. The third-order valence-electron chi connectivity index (χ3n) is 12.8.